The fourth-order valence-corrected chi connectivity index (χ4v) is 4.06. The Labute approximate surface area is 204 Å². The van der Waals surface area contributed by atoms with Crippen LogP contribution >= 0.6 is 0 Å². The number of carboxylic acid groups (broad SMARTS) is 1. The van der Waals surface area contributed by atoms with E-state index in [1.165, 1.54) is 25.2 Å². The number of rotatable bonds is 12. The Bertz CT molecular complexity index is 1140. The predicted octanol–water partition coefficient (Wildman–Crippen LogP) is 4.33. The van der Waals surface area contributed by atoms with Crippen molar-refractivity contribution in [1.29, 1.82) is 0 Å². The van der Waals surface area contributed by atoms with Gasteiger partial charge < -0.3 is 24.6 Å². The number of amides is 1. The molecule has 1 amide bonds. The van der Waals surface area contributed by atoms with Crippen molar-refractivity contribution in [1.82, 2.24) is 4.90 Å². The van der Waals surface area contributed by atoms with E-state index in [-0.39, 0.29) is 18.5 Å². The molecule has 1 aliphatic heterocycles. The Kier molecular flexibility index (Phi) is 8.67. The first kappa shape index (κ1) is 25.6. The summed E-state index contributed by atoms with van der Waals surface area (Å²) in [7, 11) is 3.00. The molecule has 0 unspecified atom stereocenters. The summed E-state index contributed by atoms with van der Waals surface area (Å²) in [6, 6.07) is 13.4. The molecule has 0 fully saturated rings. The van der Waals surface area contributed by atoms with Crippen molar-refractivity contribution in [2.45, 2.75) is 31.7 Å². The lowest BCUT2D eigenvalue weighted by Crippen LogP contribution is -2.32. The van der Waals surface area contributed by atoms with Crippen LogP contribution in [0, 0.1) is 0 Å². The number of nitrogens with zero attached hydrogens (tertiary/aromatic N) is 1. The van der Waals surface area contributed by atoms with E-state index < -0.39 is 29.5 Å². The van der Waals surface area contributed by atoms with Gasteiger partial charge in [0.1, 0.15) is 11.5 Å². The molecule has 1 atom stereocenters. The molecule has 8 nitrogen and oxygen atoms in total. The number of ketones is 1. The minimum atomic E-state index is -0.875. The lowest BCUT2D eigenvalue weighted by atomic mass is 9.94. The average molecular weight is 480 g/mol. The number of carboxylic acids is 1. The van der Waals surface area contributed by atoms with Gasteiger partial charge in [0.2, 0.25) is 0 Å². The minimum Gasteiger partial charge on any atom is -0.503 e. The number of unbranched alkanes of at least 4 members (excludes halogenated alkanes) is 2. The number of aliphatic carboxylic acids is 1. The van der Waals surface area contributed by atoms with E-state index in [0.717, 1.165) is 5.56 Å². The number of benzene rings is 2. The molecular weight excluding hydrogens is 450 g/mol. The monoisotopic (exact) mass is 479 g/mol. The summed E-state index contributed by atoms with van der Waals surface area (Å²) in [5.41, 5.74) is 1.31. The highest BCUT2D eigenvalue weighted by atomic mass is 16.5. The van der Waals surface area contributed by atoms with Crippen LogP contribution in [-0.2, 0) is 14.4 Å². The van der Waals surface area contributed by atoms with Crippen LogP contribution in [0.25, 0.3) is 6.08 Å². The van der Waals surface area contributed by atoms with Crippen molar-refractivity contribution < 1.29 is 34.1 Å². The van der Waals surface area contributed by atoms with Crippen molar-refractivity contribution in [3.05, 3.63) is 77.1 Å². The Morgan fingerprint density at radius 3 is 2.43 bits per heavy atom. The summed E-state index contributed by atoms with van der Waals surface area (Å²) in [4.78, 5) is 38.5. The molecule has 2 aromatic carbocycles. The maximum atomic E-state index is 13.3. The number of aliphatic hydroxyl groups excluding tert-OH is 1. The van der Waals surface area contributed by atoms with E-state index in [0.29, 0.717) is 36.3 Å². The minimum absolute atomic E-state index is 0.0313. The topological polar surface area (TPSA) is 113 Å². The summed E-state index contributed by atoms with van der Waals surface area (Å²) < 4.78 is 10.8. The molecule has 0 spiro atoms. The van der Waals surface area contributed by atoms with Crippen molar-refractivity contribution >= 4 is 23.7 Å². The van der Waals surface area contributed by atoms with Crippen molar-refractivity contribution in [3.63, 3.8) is 0 Å². The van der Waals surface area contributed by atoms with Crippen LogP contribution in [0.3, 0.4) is 0 Å². The first-order valence-corrected chi connectivity index (χ1v) is 11.3. The van der Waals surface area contributed by atoms with Gasteiger partial charge in [-0.3, -0.25) is 14.4 Å². The number of carbonyl (C=O) groups is 3. The fraction of sp³-hybridized carbons (Fsp3) is 0.296. The number of hydrogen-bond acceptors (Lipinski definition) is 6. The summed E-state index contributed by atoms with van der Waals surface area (Å²) in [6.07, 6.45) is 4.58. The highest BCUT2D eigenvalue weighted by Gasteiger charge is 2.43. The number of methoxy groups -OCH3 is 2. The zero-order valence-electron chi connectivity index (χ0n) is 19.8. The number of carbonyl (C=O) groups excluding carboxylic acids is 2. The van der Waals surface area contributed by atoms with Gasteiger partial charge in [0.25, 0.3) is 5.91 Å². The van der Waals surface area contributed by atoms with Gasteiger partial charge in [0.15, 0.2) is 11.5 Å². The van der Waals surface area contributed by atoms with Gasteiger partial charge in [-0.25, -0.2) is 0 Å². The van der Waals surface area contributed by atoms with Crippen LogP contribution in [0.4, 0.5) is 0 Å². The maximum Gasteiger partial charge on any atom is 0.303 e. The molecule has 2 aromatic rings. The third-order valence-electron chi connectivity index (χ3n) is 5.82. The Morgan fingerprint density at radius 1 is 1.03 bits per heavy atom. The first-order chi connectivity index (χ1) is 16.9. The van der Waals surface area contributed by atoms with Crippen molar-refractivity contribution in [2.24, 2.45) is 0 Å². The summed E-state index contributed by atoms with van der Waals surface area (Å²) >= 11 is 0. The van der Waals surface area contributed by atoms with E-state index in [4.69, 9.17) is 14.6 Å². The van der Waals surface area contributed by atoms with E-state index in [1.807, 2.05) is 30.3 Å². The van der Waals surface area contributed by atoms with Crippen molar-refractivity contribution in [3.8, 4) is 11.5 Å². The molecule has 35 heavy (non-hydrogen) atoms. The molecule has 184 valence electrons. The van der Waals surface area contributed by atoms with Gasteiger partial charge in [0, 0.05) is 24.6 Å². The maximum absolute atomic E-state index is 13.3. The molecule has 0 saturated heterocycles. The highest BCUT2D eigenvalue weighted by Crippen LogP contribution is 2.42. The Morgan fingerprint density at radius 2 is 1.77 bits per heavy atom. The molecule has 0 aromatic heterocycles. The molecule has 0 bridgehead atoms. The number of allylic oxidation sites excluding steroid dienone is 1. The van der Waals surface area contributed by atoms with Crippen LogP contribution in [0.5, 0.6) is 11.5 Å². The van der Waals surface area contributed by atoms with Crippen LogP contribution in [-0.4, -0.2) is 53.5 Å². The van der Waals surface area contributed by atoms with Crippen LogP contribution in [0.15, 0.2) is 65.9 Å². The van der Waals surface area contributed by atoms with E-state index in [2.05, 4.69) is 0 Å². The van der Waals surface area contributed by atoms with Gasteiger partial charge in [-0.1, -0.05) is 42.8 Å². The van der Waals surface area contributed by atoms with Crippen molar-refractivity contribution in [2.75, 3.05) is 20.8 Å². The molecule has 8 heteroatoms. The van der Waals surface area contributed by atoms with Crippen LogP contribution in [0.2, 0.25) is 0 Å². The molecule has 2 N–H and O–H groups in total. The quantitative estimate of drug-likeness (QED) is 0.344. The molecule has 0 aliphatic carbocycles. The fourth-order valence-electron chi connectivity index (χ4n) is 4.06. The van der Waals surface area contributed by atoms with Crippen LogP contribution < -0.4 is 9.47 Å². The highest BCUT2D eigenvalue weighted by molar-refractivity contribution is 6.14. The zero-order valence-corrected chi connectivity index (χ0v) is 19.8. The molecule has 3 rings (SSSR count). The number of aliphatic hydroxyl groups is 1. The average Bonchev–Trinajstić information content (AvgIpc) is 3.12. The standard InChI is InChI=1S/C27H29NO7/c1-34-19-13-14-20(22(17-19)35-2)25-24(21(29)15-12-18-9-5-3-6-10-18)26(32)27(33)28(25)16-8-4-7-11-23(30)31/h3,5-6,9-10,12-15,17,25,32H,4,7-8,11,16H2,1-2H3,(H,30,31)/b15-12+/t25-/m0/s1. The van der Waals surface area contributed by atoms with E-state index in [1.54, 1.807) is 24.3 Å². The van der Waals surface area contributed by atoms with Crippen LogP contribution in [0.1, 0.15) is 42.9 Å². The SMILES string of the molecule is COc1ccc([C@H]2C(C(=O)/C=C/c3ccccc3)=C(O)C(=O)N2CCCCCC(=O)O)c(OC)c1. The Balaban J connectivity index is 1.95. The molecular formula is C27H29NO7. The lowest BCUT2D eigenvalue weighted by Gasteiger charge is -2.28. The second-order valence-corrected chi connectivity index (χ2v) is 8.08. The largest absolute Gasteiger partial charge is 0.503 e. The van der Waals surface area contributed by atoms with Gasteiger partial charge in [-0.2, -0.15) is 0 Å². The number of ether oxygens (including phenoxy) is 2. The van der Waals surface area contributed by atoms with Gasteiger partial charge in [-0.15, -0.1) is 0 Å². The first-order valence-electron chi connectivity index (χ1n) is 11.3. The molecule has 0 saturated carbocycles. The van der Waals surface area contributed by atoms with E-state index >= 15 is 0 Å². The molecule has 1 aliphatic rings. The number of hydrogen-bond donors (Lipinski definition) is 2. The molecule has 0 radical (unpaired) electrons. The van der Waals surface area contributed by atoms with Gasteiger partial charge in [-0.05, 0) is 36.6 Å². The second kappa shape index (κ2) is 11.9. The lowest BCUT2D eigenvalue weighted by molar-refractivity contribution is -0.137. The predicted molar refractivity (Wildman–Crippen MR) is 130 cm³/mol. The van der Waals surface area contributed by atoms with Gasteiger partial charge in [0.05, 0.1) is 25.8 Å². The Hall–Kier alpha value is -4.07. The van der Waals surface area contributed by atoms with E-state index in [9.17, 15) is 19.5 Å². The zero-order chi connectivity index (χ0) is 25.4. The third kappa shape index (κ3) is 6.09. The smallest absolute Gasteiger partial charge is 0.303 e. The molecule has 1 heterocycles. The normalized spacial score (nSPS) is 15.7. The summed E-state index contributed by atoms with van der Waals surface area (Å²) in [5.74, 6) is -1.66. The summed E-state index contributed by atoms with van der Waals surface area (Å²) in [6.45, 7) is 0.238. The third-order valence-corrected chi connectivity index (χ3v) is 5.82. The van der Waals surface area contributed by atoms with Gasteiger partial charge >= 0.3 is 5.97 Å². The summed E-state index contributed by atoms with van der Waals surface area (Å²) in [5, 5.41) is 19.6. The second-order valence-electron chi connectivity index (χ2n) is 8.08.